The number of aliphatic hydroxyl groups excluding tert-OH is 1. The number of hydrogen-bond donors (Lipinski definition) is 4. The SMILES string of the molecule is Cc1ccc(CNC(=O)[C@H](CCCCN(C)C(=O)C(C#N)=CC(C)C)NC(=O)[C@@H](NC(=O)CN2CCOCC2)[C@@H](C)O)cc1. The number of carbonyl (C=O) groups is 4. The molecule has 44 heavy (non-hydrogen) atoms. The first-order valence-corrected chi connectivity index (χ1v) is 15.2. The average molecular weight is 613 g/mol. The highest BCUT2D eigenvalue weighted by Gasteiger charge is 2.30. The zero-order valence-electron chi connectivity index (χ0n) is 26.6. The minimum atomic E-state index is -1.25. The molecule has 12 heteroatoms. The van der Waals surface area contributed by atoms with Gasteiger partial charge in [-0.1, -0.05) is 49.8 Å². The van der Waals surface area contributed by atoms with E-state index in [2.05, 4.69) is 16.0 Å². The second-order valence-electron chi connectivity index (χ2n) is 11.6. The number of unbranched alkanes of at least 4 members (excludes halogenated alkanes) is 1. The second kappa shape index (κ2) is 18.8. The Morgan fingerprint density at radius 3 is 2.32 bits per heavy atom. The van der Waals surface area contributed by atoms with E-state index in [4.69, 9.17) is 4.74 Å². The second-order valence-corrected chi connectivity index (χ2v) is 11.6. The van der Waals surface area contributed by atoms with Crippen LogP contribution in [0.1, 0.15) is 51.2 Å². The van der Waals surface area contributed by atoms with Crippen LogP contribution in [0.5, 0.6) is 0 Å². The van der Waals surface area contributed by atoms with Crippen molar-refractivity contribution in [2.45, 2.75) is 71.7 Å². The molecule has 0 radical (unpaired) electrons. The molecule has 0 saturated carbocycles. The van der Waals surface area contributed by atoms with Crippen LogP contribution < -0.4 is 16.0 Å². The molecular weight excluding hydrogens is 564 g/mol. The lowest BCUT2D eigenvalue weighted by atomic mass is 10.1. The van der Waals surface area contributed by atoms with Crippen molar-refractivity contribution in [1.82, 2.24) is 25.8 Å². The Morgan fingerprint density at radius 1 is 1.07 bits per heavy atom. The van der Waals surface area contributed by atoms with Crippen molar-refractivity contribution in [3.05, 3.63) is 47.0 Å². The van der Waals surface area contributed by atoms with Gasteiger partial charge in [-0.3, -0.25) is 24.1 Å². The van der Waals surface area contributed by atoms with E-state index in [9.17, 15) is 29.5 Å². The fourth-order valence-electron chi connectivity index (χ4n) is 4.63. The Labute approximate surface area is 260 Å². The monoisotopic (exact) mass is 612 g/mol. The normalized spacial score (nSPS) is 15.9. The Morgan fingerprint density at radius 2 is 1.73 bits per heavy atom. The van der Waals surface area contributed by atoms with Gasteiger partial charge in [0.25, 0.3) is 5.91 Å². The zero-order chi connectivity index (χ0) is 32.6. The highest BCUT2D eigenvalue weighted by molar-refractivity contribution is 5.97. The number of aryl methyl sites for hydroxylation is 1. The number of hydrogen-bond acceptors (Lipinski definition) is 8. The van der Waals surface area contributed by atoms with Gasteiger partial charge in [0, 0.05) is 33.2 Å². The topological polar surface area (TPSA) is 164 Å². The van der Waals surface area contributed by atoms with E-state index in [0.29, 0.717) is 45.7 Å². The van der Waals surface area contributed by atoms with Crippen molar-refractivity contribution in [2.75, 3.05) is 46.4 Å². The molecule has 1 aromatic carbocycles. The maximum Gasteiger partial charge on any atom is 0.263 e. The van der Waals surface area contributed by atoms with Gasteiger partial charge in [-0.2, -0.15) is 5.26 Å². The molecule has 1 fully saturated rings. The van der Waals surface area contributed by atoms with Crippen LogP contribution in [0, 0.1) is 24.2 Å². The van der Waals surface area contributed by atoms with E-state index in [1.807, 2.05) is 56.0 Å². The number of carbonyl (C=O) groups excluding carboxylic acids is 4. The van der Waals surface area contributed by atoms with E-state index in [1.165, 1.54) is 11.8 Å². The molecule has 1 heterocycles. The van der Waals surface area contributed by atoms with Crippen LogP contribution >= 0.6 is 0 Å². The molecule has 12 nitrogen and oxygen atoms in total. The van der Waals surface area contributed by atoms with Crippen molar-refractivity contribution < 1.29 is 29.0 Å². The highest BCUT2D eigenvalue weighted by Crippen LogP contribution is 2.10. The lowest BCUT2D eigenvalue weighted by molar-refractivity contribution is -0.135. The minimum absolute atomic E-state index is 0.0550. The number of ether oxygens (including phenoxy) is 1. The molecule has 1 aliphatic heterocycles. The van der Waals surface area contributed by atoms with Gasteiger partial charge >= 0.3 is 0 Å². The van der Waals surface area contributed by atoms with Gasteiger partial charge in [0.1, 0.15) is 23.7 Å². The fraction of sp³-hybridized carbons (Fsp3) is 0.594. The summed E-state index contributed by atoms with van der Waals surface area (Å²) in [5.41, 5.74) is 2.08. The largest absolute Gasteiger partial charge is 0.391 e. The molecule has 0 unspecified atom stereocenters. The van der Waals surface area contributed by atoms with E-state index in [1.54, 1.807) is 13.1 Å². The molecule has 242 valence electrons. The molecule has 1 saturated heterocycles. The summed E-state index contributed by atoms with van der Waals surface area (Å²) in [6.07, 6.45) is 1.69. The summed E-state index contributed by atoms with van der Waals surface area (Å²) in [6, 6.07) is 7.47. The Balaban J connectivity index is 2.04. The van der Waals surface area contributed by atoms with Gasteiger partial charge in [0.05, 0.1) is 25.9 Å². The first-order valence-electron chi connectivity index (χ1n) is 15.2. The number of rotatable bonds is 16. The molecule has 0 aliphatic carbocycles. The number of nitriles is 1. The predicted octanol–water partition coefficient (Wildman–Crippen LogP) is 1.03. The Kier molecular flexibility index (Phi) is 15.5. The Bertz CT molecular complexity index is 1170. The van der Waals surface area contributed by atoms with Crippen LogP contribution in [-0.2, 0) is 30.5 Å². The number of likely N-dealkylation sites (N-methyl/N-ethyl adjacent to an activating group) is 1. The molecule has 0 bridgehead atoms. The summed E-state index contributed by atoms with van der Waals surface area (Å²) < 4.78 is 5.30. The number of morpholine rings is 1. The van der Waals surface area contributed by atoms with Gasteiger partial charge in [0.15, 0.2) is 0 Å². The number of aliphatic hydroxyl groups is 1. The summed E-state index contributed by atoms with van der Waals surface area (Å²) >= 11 is 0. The summed E-state index contributed by atoms with van der Waals surface area (Å²) in [4.78, 5) is 55.2. The van der Waals surface area contributed by atoms with Gasteiger partial charge in [0.2, 0.25) is 17.7 Å². The molecule has 3 atom stereocenters. The van der Waals surface area contributed by atoms with Crippen LogP contribution in [0.15, 0.2) is 35.9 Å². The minimum Gasteiger partial charge on any atom is -0.391 e. The molecule has 4 amide bonds. The van der Waals surface area contributed by atoms with Crippen LogP contribution in [-0.4, -0.2) is 103 Å². The van der Waals surface area contributed by atoms with Crippen molar-refractivity contribution >= 4 is 23.6 Å². The molecule has 4 N–H and O–H groups in total. The summed E-state index contributed by atoms with van der Waals surface area (Å²) in [5.74, 6) is -1.80. The van der Waals surface area contributed by atoms with Crippen LogP contribution in [0.3, 0.4) is 0 Å². The first-order chi connectivity index (χ1) is 20.9. The zero-order valence-corrected chi connectivity index (χ0v) is 26.6. The fourth-order valence-corrected chi connectivity index (χ4v) is 4.63. The van der Waals surface area contributed by atoms with Crippen molar-refractivity contribution in [1.29, 1.82) is 5.26 Å². The predicted molar refractivity (Wildman–Crippen MR) is 166 cm³/mol. The number of benzene rings is 1. The maximum atomic E-state index is 13.3. The van der Waals surface area contributed by atoms with Gasteiger partial charge in [-0.15, -0.1) is 0 Å². The molecule has 0 aromatic heterocycles. The number of nitrogens with zero attached hydrogens (tertiary/aromatic N) is 3. The number of amides is 4. The molecule has 1 aliphatic rings. The van der Waals surface area contributed by atoms with Crippen molar-refractivity contribution in [2.24, 2.45) is 5.92 Å². The summed E-state index contributed by atoms with van der Waals surface area (Å²) in [6.45, 7) is 10.1. The smallest absolute Gasteiger partial charge is 0.263 e. The van der Waals surface area contributed by atoms with Crippen LogP contribution in [0.25, 0.3) is 0 Å². The Hall–Kier alpha value is -3.79. The quantitative estimate of drug-likeness (QED) is 0.122. The summed E-state index contributed by atoms with van der Waals surface area (Å²) in [7, 11) is 1.62. The molecular formula is C32H48N6O6. The lowest BCUT2D eigenvalue weighted by Gasteiger charge is -2.28. The van der Waals surface area contributed by atoms with Crippen molar-refractivity contribution in [3.8, 4) is 6.07 Å². The van der Waals surface area contributed by atoms with Crippen molar-refractivity contribution in [3.63, 3.8) is 0 Å². The van der Waals surface area contributed by atoms with E-state index in [-0.39, 0.29) is 36.9 Å². The maximum absolute atomic E-state index is 13.3. The standard InChI is InChI=1S/C32H48N6O6/c1-22(2)18-26(19-33)32(43)37(5)13-7-6-8-27(30(41)34-20-25-11-9-23(3)10-12-25)35-31(42)29(24(4)39)36-28(40)21-38-14-16-44-17-15-38/h9-12,18,22,24,27,29,39H,6-8,13-17,20-21H2,1-5H3,(H,34,41)(H,35,42)(H,36,40)/t24-,27+,29+/m1/s1. The third kappa shape index (κ3) is 12.8. The van der Waals surface area contributed by atoms with Gasteiger partial charge in [-0.25, -0.2) is 0 Å². The summed E-state index contributed by atoms with van der Waals surface area (Å²) in [5, 5.41) is 27.9. The van der Waals surface area contributed by atoms with Crippen LogP contribution in [0.2, 0.25) is 0 Å². The van der Waals surface area contributed by atoms with E-state index >= 15 is 0 Å². The van der Waals surface area contributed by atoms with Gasteiger partial charge < -0.3 is 30.7 Å². The molecule has 2 rings (SSSR count). The van der Waals surface area contributed by atoms with E-state index in [0.717, 1.165) is 11.1 Å². The molecule has 1 aromatic rings. The first kappa shape index (κ1) is 36.4. The molecule has 0 spiro atoms. The third-order valence-corrected chi connectivity index (χ3v) is 7.21. The number of allylic oxidation sites excluding steroid dienone is 1. The van der Waals surface area contributed by atoms with Gasteiger partial charge in [-0.05, 0) is 44.6 Å². The van der Waals surface area contributed by atoms with Crippen LogP contribution in [0.4, 0.5) is 0 Å². The number of nitrogens with one attached hydrogen (secondary N) is 3. The van der Waals surface area contributed by atoms with E-state index < -0.39 is 35.9 Å². The average Bonchev–Trinajstić information content (AvgIpc) is 2.99. The highest BCUT2D eigenvalue weighted by atomic mass is 16.5. The third-order valence-electron chi connectivity index (χ3n) is 7.21. The lowest BCUT2D eigenvalue weighted by Crippen LogP contribution is -2.58.